The summed E-state index contributed by atoms with van der Waals surface area (Å²) in [6.07, 6.45) is 0. The molecule has 3 heteroatoms. The van der Waals surface area contributed by atoms with Gasteiger partial charge in [0, 0.05) is 0 Å². The molecule has 0 atom stereocenters. The molecule has 0 amide bonds. The fraction of sp³-hybridized carbons (Fsp3) is 0.214. The molecule has 0 fully saturated rings. The summed E-state index contributed by atoms with van der Waals surface area (Å²) >= 11 is 0. The van der Waals surface area contributed by atoms with Gasteiger partial charge < -0.3 is 5.11 Å². The van der Waals surface area contributed by atoms with E-state index in [1.165, 1.54) is 5.19 Å². The van der Waals surface area contributed by atoms with E-state index < -0.39 is 14.0 Å². The van der Waals surface area contributed by atoms with E-state index in [1.54, 1.807) is 6.07 Å². The molecule has 0 unspecified atom stereocenters. The van der Waals surface area contributed by atoms with E-state index in [1.807, 2.05) is 30.3 Å². The van der Waals surface area contributed by atoms with Crippen LogP contribution in [0.4, 0.5) is 0 Å². The van der Waals surface area contributed by atoms with E-state index >= 15 is 0 Å². The smallest absolute Gasteiger partial charge is 0.336 e. The number of carboxylic acid groups (broad SMARTS) is 1. The first-order valence-corrected chi connectivity index (χ1v) is 9.17. The number of aromatic carboxylic acids is 1. The lowest BCUT2D eigenvalue weighted by molar-refractivity contribution is 0.0699. The summed E-state index contributed by atoms with van der Waals surface area (Å²) in [6.45, 7) is 6.82. The molecule has 1 N–H and O–H groups in total. The van der Waals surface area contributed by atoms with Gasteiger partial charge in [-0.15, -0.1) is 0 Å². The molecule has 2 aromatic rings. The molecule has 0 spiro atoms. The number of fused-ring (bicyclic) bond motifs is 1. The molecule has 88 valence electrons. The normalized spacial score (nSPS) is 11.7. The lowest BCUT2D eigenvalue weighted by atomic mass is 10.0. The van der Waals surface area contributed by atoms with Crippen LogP contribution in [0.15, 0.2) is 36.4 Å². The topological polar surface area (TPSA) is 37.3 Å². The van der Waals surface area contributed by atoms with Crippen LogP contribution < -0.4 is 5.19 Å². The van der Waals surface area contributed by atoms with Gasteiger partial charge in [-0.1, -0.05) is 55.2 Å². The Balaban J connectivity index is 2.85. The van der Waals surface area contributed by atoms with Crippen molar-refractivity contribution in [2.45, 2.75) is 19.6 Å². The van der Waals surface area contributed by atoms with Crippen molar-refractivity contribution < 1.29 is 9.90 Å². The maximum atomic E-state index is 11.2. The van der Waals surface area contributed by atoms with E-state index in [-0.39, 0.29) is 0 Å². The van der Waals surface area contributed by atoms with Crippen LogP contribution in [0.25, 0.3) is 10.8 Å². The Kier molecular flexibility index (Phi) is 2.79. The van der Waals surface area contributed by atoms with Gasteiger partial charge in [0.1, 0.15) is 0 Å². The van der Waals surface area contributed by atoms with Crippen molar-refractivity contribution in [3.05, 3.63) is 42.0 Å². The molecule has 0 saturated carbocycles. The van der Waals surface area contributed by atoms with E-state index in [0.29, 0.717) is 5.56 Å². The summed E-state index contributed by atoms with van der Waals surface area (Å²) < 4.78 is 0. The predicted octanol–water partition coefficient (Wildman–Crippen LogP) is 3.08. The van der Waals surface area contributed by atoms with Gasteiger partial charge in [-0.2, -0.15) is 0 Å². The van der Waals surface area contributed by atoms with E-state index in [4.69, 9.17) is 0 Å². The number of hydrogen-bond donors (Lipinski definition) is 1. The second-order valence-electron chi connectivity index (χ2n) is 5.26. The zero-order chi connectivity index (χ0) is 12.6. The van der Waals surface area contributed by atoms with Gasteiger partial charge in [-0.05, 0) is 16.8 Å². The lowest BCUT2D eigenvalue weighted by Crippen LogP contribution is -2.38. The van der Waals surface area contributed by atoms with Gasteiger partial charge in [0.05, 0.1) is 13.6 Å². The third-order valence-corrected chi connectivity index (χ3v) is 5.01. The summed E-state index contributed by atoms with van der Waals surface area (Å²) in [4.78, 5) is 11.2. The zero-order valence-corrected chi connectivity index (χ0v) is 11.3. The second-order valence-corrected chi connectivity index (χ2v) is 10.3. The van der Waals surface area contributed by atoms with Crippen LogP contribution in [-0.2, 0) is 0 Å². The number of carbonyl (C=O) groups is 1. The van der Waals surface area contributed by atoms with Gasteiger partial charge in [0.15, 0.2) is 0 Å². The minimum absolute atomic E-state index is 0.391. The molecule has 0 heterocycles. The van der Waals surface area contributed by atoms with Gasteiger partial charge in [0.25, 0.3) is 0 Å². The van der Waals surface area contributed by atoms with Crippen LogP contribution in [0.1, 0.15) is 10.4 Å². The van der Waals surface area contributed by atoms with Crippen molar-refractivity contribution in [3.8, 4) is 0 Å². The van der Waals surface area contributed by atoms with Crippen LogP contribution in [0.3, 0.4) is 0 Å². The maximum absolute atomic E-state index is 11.2. The van der Waals surface area contributed by atoms with Crippen molar-refractivity contribution in [2.75, 3.05) is 0 Å². The molecule has 0 aromatic heterocycles. The Morgan fingerprint density at radius 3 is 2.12 bits per heavy atom. The van der Waals surface area contributed by atoms with Crippen LogP contribution in [0.5, 0.6) is 0 Å². The number of rotatable bonds is 2. The molecule has 17 heavy (non-hydrogen) atoms. The summed E-state index contributed by atoms with van der Waals surface area (Å²) in [6, 6.07) is 11.5. The average Bonchev–Trinajstić information content (AvgIpc) is 2.26. The number of benzene rings is 2. The molecule has 0 aliphatic heterocycles. The highest BCUT2D eigenvalue weighted by atomic mass is 28.3. The van der Waals surface area contributed by atoms with Crippen LogP contribution in [-0.4, -0.2) is 19.1 Å². The summed E-state index contributed by atoms with van der Waals surface area (Å²) in [5, 5.41) is 12.4. The van der Waals surface area contributed by atoms with Gasteiger partial charge in [-0.3, -0.25) is 0 Å². The number of hydrogen-bond acceptors (Lipinski definition) is 1. The maximum Gasteiger partial charge on any atom is 0.336 e. The molecule has 0 radical (unpaired) electrons. The average molecular weight is 244 g/mol. The standard InChI is InChI=1S/C14H16O2Si/c1-17(2,3)13-9-8-12(14(15)16)10-6-4-5-7-11(10)13/h4-9H,1-3H3,(H,15,16). The number of carboxylic acids is 1. The molecule has 2 rings (SSSR count). The fourth-order valence-corrected chi connectivity index (χ4v) is 3.75. The molecule has 0 aliphatic rings. The largest absolute Gasteiger partial charge is 0.478 e. The quantitative estimate of drug-likeness (QED) is 0.824. The van der Waals surface area contributed by atoms with E-state index in [0.717, 1.165) is 10.8 Å². The summed E-state index contributed by atoms with van der Waals surface area (Å²) in [7, 11) is -1.45. The first-order chi connectivity index (χ1) is 7.91. The van der Waals surface area contributed by atoms with Crippen molar-refractivity contribution in [1.82, 2.24) is 0 Å². The molecule has 0 aliphatic carbocycles. The van der Waals surface area contributed by atoms with Crippen LogP contribution in [0, 0.1) is 0 Å². The lowest BCUT2D eigenvalue weighted by Gasteiger charge is -2.20. The SMILES string of the molecule is C[Si](C)(C)c1ccc(C(=O)O)c2ccccc12. The summed E-state index contributed by atoms with van der Waals surface area (Å²) in [5.41, 5.74) is 0.391. The molecule has 0 saturated heterocycles. The molecular formula is C14H16O2Si. The minimum atomic E-state index is -1.45. The van der Waals surface area contributed by atoms with E-state index in [2.05, 4.69) is 19.6 Å². The molecule has 2 aromatic carbocycles. The molecule has 2 nitrogen and oxygen atoms in total. The Labute approximate surface area is 102 Å². The van der Waals surface area contributed by atoms with Gasteiger partial charge in [0.2, 0.25) is 0 Å². The third kappa shape index (κ3) is 2.10. The van der Waals surface area contributed by atoms with Crippen molar-refractivity contribution in [2.24, 2.45) is 0 Å². The van der Waals surface area contributed by atoms with Gasteiger partial charge >= 0.3 is 5.97 Å². The molecule has 0 bridgehead atoms. The summed E-state index contributed by atoms with van der Waals surface area (Å²) in [5.74, 6) is -0.858. The van der Waals surface area contributed by atoms with E-state index in [9.17, 15) is 9.90 Å². The van der Waals surface area contributed by atoms with Crippen molar-refractivity contribution >= 4 is 30.0 Å². The van der Waals surface area contributed by atoms with Gasteiger partial charge in [-0.25, -0.2) is 4.79 Å². The third-order valence-electron chi connectivity index (χ3n) is 2.96. The predicted molar refractivity (Wildman–Crippen MR) is 73.9 cm³/mol. The van der Waals surface area contributed by atoms with Crippen molar-refractivity contribution in [3.63, 3.8) is 0 Å². The fourth-order valence-electron chi connectivity index (χ4n) is 2.14. The first kappa shape index (κ1) is 11.9. The Hall–Kier alpha value is -1.61. The highest BCUT2D eigenvalue weighted by Gasteiger charge is 2.21. The Morgan fingerprint density at radius 2 is 1.59 bits per heavy atom. The van der Waals surface area contributed by atoms with Crippen molar-refractivity contribution in [1.29, 1.82) is 0 Å². The monoisotopic (exact) mass is 244 g/mol. The second kappa shape index (κ2) is 4.00. The highest BCUT2D eigenvalue weighted by molar-refractivity contribution is 6.90. The Morgan fingerprint density at radius 1 is 1.00 bits per heavy atom. The molecular weight excluding hydrogens is 228 g/mol. The van der Waals surface area contributed by atoms with Crippen LogP contribution >= 0.6 is 0 Å². The Bertz CT molecular complexity index is 582. The highest BCUT2D eigenvalue weighted by Crippen LogP contribution is 2.20. The minimum Gasteiger partial charge on any atom is -0.478 e. The zero-order valence-electron chi connectivity index (χ0n) is 10.3. The first-order valence-electron chi connectivity index (χ1n) is 5.67. The van der Waals surface area contributed by atoms with Crippen LogP contribution in [0.2, 0.25) is 19.6 Å².